The fourth-order valence-corrected chi connectivity index (χ4v) is 5.97. The molecule has 0 amide bonds. The molecule has 0 aliphatic carbocycles. The van der Waals surface area contributed by atoms with Crippen molar-refractivity contribution in [1.29, 1.82) is 0 Å². The van der Waals surface area contributed by atoms with Gasteiger partial charge in [0.1, 0.15) is 0 Å². The van der Waals surface area contributed by atoms with Crippen molar-refractivity contribution in [3.05, 3.63) is 35.5 Å². The molecule has 27 heavy (non-hydrogen) atoms. The molecular weight excluding hydrogens is 344 g/mol. The molecule has 1 N–H and O–H groups in total. The zero-order valence-electron chi connectivity index (χ0n) is 15.7. The summed E-state index contributed by atoms with van der Waals surface area (Å²) in [6, 6.07) is 7.61. The molecule has 0 radical (unpaired) electrons. The van der Waals surface area contributed by atoms with E-state index in [1.54, 1.807) is 4.57 Å². The summed E-state index contributed by atoms with van der Waals surface area (Å²) in [5.74, 6) is -0.593. The van der Waals surface area contributed by atoms with Gasteiger partial charge < -0.3 is 14.4 Å². The lowest BCUT2D eigenvalue weighted by Gasteiger charge is -2.57. The van der Waals surface area contributed by atoms with Crippen LogP contribution in [0.3, 0.4) is 0 Å². The highest BCUT2D eigenvalue weighted by Crippen LogP contribution is 2.60. The van der Waals surface area contributed by atoms with Gasteiger partial charge in [-0.1, -0.05) is 25.1 Å². The first-order valence-corrected chi connectivity index (χ1v) is 9.69. The highest BCUT2D eigenvalue weighted by atomic mass is 16.5. The Kier molecular flexibility index (Phi) is 3.41. The van der Waals surface area contributed by atoms with Crippen molar-refractivity contribution in [1.82, 2.24) is 9.47 Å². The maximum absolute atomic E-state index is 13.1. The first-order valence-electron chi connectivity index (χ1n) is 9.69. The van der Waals surface area contributed by atoms with E-state index in [1.165, 1.54) is 7.11 Å². The highest BCUT2D eigenvalue weighted by molar-refractivity contribution is 6.12. The van der Waals surface area contributed by atoms with Crippen LogP contribution < -0.4 is 0 Å². The minimum atomic E-state index is -1.80. The predicted molar refractivity (Wildman–Crippen MR) is 99.4 cm³/mol. The van der Waals surface area contributed by atoms with Crippen LogP contribution >= 0.6 is 0 Å². The van der Waals surface area contributed by atoms with E-state index in [9.17, 15) is 14.7 Å². The van der Waals surface area contributed by atoms with E-state index in [0.29, 0.717) is 18.5 Å². The summed E-state index contributed by atoms with van der Waals surface area (Å²) in [7, 11) is 1.31. The number of ether oxygens (including phenoxy) is 1. The number of esters is 1. The minimum absolute atomic E-state index is 0.0429. The molecule has 5 rings (SSSR count). The van der Waals surface area contributed by atoms with Crippen LogP contribution in [0.15, 0.2) is 24.3 Å². The van der Waals surface area contributed by atoms with E-state index in [1.807, 2.05) is 24.3 Å². The van der Waals surface area contributed by atoms with Crippen molar-refractivity contribution in [2.45, 2.75) is 44.4 Å². The molecule has 3 atom stereocenters. The molecule has 6 nitrogen and oxygen atoms in total. The smallest absolute Gasteiger partial charge is 0.359 e. The standard InChI is InChI=1S/C21H24N2O4/c1-3-20-9-6-10-22-11-15(24)16-13-7-4-5-8-14(13)23(17(16)18(20)22)21(26,12-20)19(25)27-2/h4-5,7-8,18,26H,3,6,9-12H2,1-2H3/t18-,20+,21+/m1/s1. The van der Waals surface area contributed by atoms with E-state index in [-0.39, 0.29) is 17.2 Å². The van der Waals surface area contributed by atoms with E-state index in [0.717, 1.165) is 42.4 Å². The van der Waals surface area contributed by atoms with Gasteiger partial charge >= 0.3 is 5.97 Å². The molecule has 1 aromatic heterocycles. The van der Waals surface area contributed by atoms with E-state index in [2.05, 4.69) is 11.8 Å². The van der Waals surface area contributed by atoms with Crippen molar-refractivity contribution in [3.63, 3.8) is 0 Å². The highest BCUT2D eigenvalue weighted by Gasteiger charge is 2.61. The quantitative estimate of drug-likeness (QED) is 0.825. The number of aliphatic hydroxyl groups is 1. The molecule has 1 saturated heterocycles. The number of Topliss-reactive ketones (excluding diaryl/α,β-unsaturated/α-hetero) is 1. The zero-order chi connectivity index (χ0) is 19.0. The first kappa shape index (κ1) is 17.0. The average Bonchev–Trinajstić information content (AvgIpc) is 3.03. The summed E-state index contributed by atoms with van der Waals surface area (Å²) < 4.78 is 6.75. The number of hydrogen-bond acceptors (Lipinski definition) is 5. The number of benzene rings is 1. The lowest BCUT2D eigenvalue weighted by Crippen LogP contribution is -2.60. The number of methoxy groups -OCH3 is 1. The number of ketones is 1. The minimum Gasteiger partial charge on any atom is -0.465 e. The normalized spacial score (nSPS) is 32.4. The van der Waals surface area contributed by atoms with E-state index >= 15 is 0 Å². The second kappa shape index (κ2) is 5.42. The van der Waals surface area contributed by atoms with Gasteiger partial charge in [0.05, 0.1) is 30.9 Å². The number of aromatic nitrogens is 1. The molecule has 0 bridgehead atoms. The van der Waals surface area contributed by atoms with Crippen molar-refractivity contribution in [2.24, 2.45) is 5.41 Å². The SMILES string of the molecule is CC[C@]12CCCN3CC(=O)c4c(n(c5ccccc45)[C@@](O)(C(=O)OC)C1)[C@@H]32. The van der Waals surface area contributed by atoms with Crippen LogP contribution in [0.25, 0.3) is 10.9 Å². The van der Waals surface area contributed by atoms with Crippen LogP contribution in [0.5, 0.6) is 0 Å². The van der Waals surface area contributed by atoms with Crippen LogP contribution in [0.2, 0.25) is 0 Å². The van der Waals surface area contributed by atoms with Gasteiger partial charge in [0.2, 0.25) is 5.72 Å². The molecule has 4 heterocycles. The van der Waals surface area contributed by atoms with Gasteiger partial charge in [0.15, 0.2) is 5.78 Å². The fourth-order valence-electron chi connectivity index (χ4n) is 5.97. The van der Waals surface area contributed by atoms with Gasteiger partial charge in [0.25, 0.3) is 0 Å². The summed E-state index contributed by atoms with van der Waals surface area (Å²) in [5, 5.41) is 12.5. The number of piperidine rings is 1. The molecule has 2 aromatic rings. The van der Waals surface area contributed by atoms with Crippen molar-refractivity contribution in [3.8, 4) is 0 Å². The molecule has 0 saturated carbocycles. The molecule has 1 aromatic carbocycles. The molecule has 3 aliphatic heterocycles. The van der Waals surface area contributed by atoms with Crippen molar-refractivity contribution < 1.29 is 19.4 Å². The van der Waals surface area contributed by atoms with Crippen LogP contribution in [0, 0.1) is 5.41 Å². The molecule has 3 aliphatic rings. The number of hydrogen-bond donors (Lipinski definition) is 1. The van der Waals surface area contributed by atoms with Crippen LogP contribution in [-0.4, -0.2) is 46.5 Å². The number of fused-ring (bicyclic) bond motifs is 3. The molecule has 1 fully saturated rings. The summed E-state index contributed by atoms with van der Waals surface area (Å²) >= 11 is 0. The second-order valence-electron chi connectivity index (χ2n) is 8.21. The number of carbonyl (C=O) groups excluding carboxylic acids is 2. The Morgan fingerprint density at radius 3 is 2.89 bits per heavy atom. The lowest BCUT2D eigenvalue weighted by molar-refractivity contribution is -0.193. The van der Waals surface area contributed by atoms with Crippen molar-refractivity contribution in [2.75, 3.05) is 20.2 Å². The fraction of sp³-hybridized carbons (Fsp3) is 0.524. The second-order valence-corrected chi connectivity index (χ2v) is 8.21. The van der Waals surface area contributed by atoms with Crippen LogP contribution in [0.4, 0.5) is 0 Å². The summed E-state index contributed by atoms with van der Waals surface area (Å²) in [4.78, 5) is 28.2. The Labute approximate surface area is 157 Å². The van der Waals surface area contributed by atoms with Gasteiger partial charge in [-0.15, -0.1) is 0 Å². The predicted octanol–water partition coefficient (Wildman–Crippen LogP) is 2.59. The monoisotopic (exact) mass is 368 g/mol. The molecule has 6 heteroatoms. The van der Waals surface area contributed by atoms with Gasteiger partial charge in [-0.25, -0.2) is 4.79 Å². The Bertz CT molecular complexity index is 980. The van der Waals surface area contributed by atoms with Gasteiger partial charge in [-0.2, -0.15) is 0 Å². The summed E-state index contributed by atoms with van der Waals surface area (Å²) in [6.45, 7) is 3.40. The van der Waals surface area contributed by atoms with E-state index in [4.69, 9.17) is 4.74 Å². The van der Waals surface area contributed by atoms with Gasteiger partial charge in [0, 0.05) is 17.4 Å². The third-order valence-corrected chi connectivity index (χ3v) is 7.05. The Balaban J connectivity index is 1.93. The van der Waals surface area contributed by atoms with Gasteiger partial charge in [-0.05, 0) is 37.3 Å². The van der Waals surface area contributed by atoms with Crippen LogP contribution in [-0.2, 0) is 15.3 Å². The van der Waals surface area contributed by atoms with Gasteiger partial charge in [-0.3, -0.25) is 9.69 Å². The Morgan fingerprint density at radius 1 is 1.37 bits per heavy atom. The number of para-hydroxylation sites is 1. The Hall–Kier alpha value is -2.18. The van der Waals surface area contributed by atoms with Crippen LogP contribution in [0.1, 0.15) is 54.7 Å². The maximum Gasteiger partial charge on any atom is 0.359 e. The zero-order valence-corrected chi connectivity index (χ0v) is 15.7. The number of rotatable bonds is 2. The molecule has 0 spiro atoms. The molecular formula is C21H24N2O4. The topological polar surface area (TPSA) is 71.8 Å². The average molecular weight is 368 g/mol. The Morgan fingerprint density at radius 2 is 2.15 bits per heavy atom. The summed E-state index contributed by atoms with van der Waals surface area (Å²) in [5.41, 5.74) is 0.151. The van der Waals surface area contributed by atoms with E-state index < -0.39 is 11.7 Å². The number of carbonyl (C=O) groups is 2. The number of nitrogens with zero attached hydrogens (tertiary/aromatic N) is 2. The molecule has 0 unspecified atom stereocenters. The molecule has 142 valence electrons. The first-order chi connectivity index (χ1) is 13.0. The van der Waals surface area contributed by atoms with Crippen molar-refractivity contribution >= 4 is 22.7 Å². The lowest BCUT2D eigenvalue weighted by atomic mass is 9.62. The third-order valence-electron chi connectivity index (χ3n) is 7.05. The third kappa shape index (κ3) is 1.92. The largest absolute Gasteiger partial charge is 0.465 e. The summed E-state index contributed by atoms with van der Waals surface area (Å²) in [6.07, 6.45) is 3.04. The maximum atomic E-state index is 13.1.